The molecule has 1 amide bonds. The molecule has 2 aromatic rings. The number of hydrogen-bond donors (Lipinski definition) is 1. The monoisotopic (exact) mass is 390 g/mol. The predicted molar refractivity (Wildman–Crippen MR) is 97.2 cm³/mol. The second-order valence-corrected chi connectivity index (χ2v) is 7.06. The van der Waals surface area contributed by atoms with Gasteiger partial charge in [-0.25, -0.2) is 4.39 Å². The minimum Gasteiger partial charge on any atom is -0.323 e. The minimum atomic E-state index is -0.390. The molecule has 0 unspecified atom stereocenters. The van der Waals surface area contributed by atoms with Gasteiger partial charge in [0.1, 0.15) is 5.82 Å². The van der Waals surface area contributed by atoms with Crippen LogP contribution in [-0.4, -0.2) is 23.9 Å². The average molecular weight is 391 g/mol. The van der Waals surface area contributed by atoms with E-state index in [0.717, 1.165) is 36.9 Å². The van der Waals surface area contributed by atoms with Crippen molar-refractivity contribution in [3.05, 3.63) is 64.4 Å². The molecule has 2 aromatic carbocycles. The molecule has 1 saturated heterocycles. The normalized spacial score (nSPS) is 16.1. The van der Waals surface area contributed by atoms with Crippen LogP contribution < -0.4 is 5.32 Å². The number of nitrogens with zero attached hydrogens (tertiary/aromatic N) is 1. The van der Waals surface area contributed by atoms with Gasteiger partial charge in [-0.15, -0.1) is 0 Å². The number of nitrogens with one attached hydrogen (secondary N) is 1. The number of para-hydroxylation sites is 1. The molecule has 0 spiro atoms. The van der Waals surface area contributed by atoms with Crippen LogP contribution in [0.15, 0.2) is 53.0 Å². The molecule has 1 N–H and O–H groups in total. The average Bonchev–Trinajstić information content (AvgIpc) is 2.59. The third kappa shape index (κ3) is 4.42. The Balaban J connectivity index is 1.50. The van der Waals surface area contributed by atoms with Crippen molar-refractivity contribution in [1.29, 1.82) is 0 Å². The third-order valence-corrected chi connectivity index (χ3v) is 4.94. The van der Waals surface area contributed by atoms with Gasteiger partial charge in [0.15, 0.2) is 0 Å². The first-order valence-corrected chi connectivity index (χ1v) is 8.93. The van der Waals surface area contributed by atoms with Crippen molar-refractivity contribution in [3.63, 3.8) is 0 Å². The molecular formula is C19H20BrFN2O. The van der Waals surface area contributed by atoms with E-state index in [1.165, 1.54) is 11.6 Å². The number of halogens is 2. The number of benzene rings is 2. The molecule has 1 fully saturated rings. The lowest BCUT2D eigenvalue weighted by Gasteiger charge is -2.31. The fourth-order valence-electron chi connectivity index (χ4n) is 3.00. The topological polar surface area (TPSA) is 32.3 Å². The number of piperidine rings is 1. The summed E-state index contributed by atoms with van der Waals surface area (Å²) >= 11 is 3.44. The predicted octanol–water partition coefficient (Wildman–Crippen LogP) is 4.44. The van der Waals surface area contributed by atoms with Crippen LogP contribution in [0.1, 0.15) is 18.4 Å². The summed E-state index contributed by atoms with van der Waals surface area (Å²) in [6, 6.07) is 14.6. The van der Waals surface area contributed by atoms with E-state index in [2.05, 4.69) is 38.3 Å². The molecule has 126 valence electrons. The summed E-state index contributed by atoms with van der Waals surface area (Å²) < 4.78 is 14.7. The zero-order chi connectivity index (χ0) is 16.9. The fraction of sp³-hybridized carbons (Fsp3) is 0.316. The van der Waals surface area contributed by atoms with Crippen LogP contribution in [0.5, 0.6) is 0 Å². The summed E-state index contributed by atoms with van der Waals surface area (Å²) in [5.41, 5.74) is 1.53. The van der Waals surface area contributed by atoms with E-state index in [-0.39, 0.29) is 17.5 Å². The summed E-state index contributed by atoms with van der Waals surface area (Å²) in [6.45, 7) is 2.66. The molecule has 3 nitrogen and oxygen atoms in total. The lowest BCUT2D eigenvalue weighted by atomic mass is 9.95. The van der Waals surface area contributed by atoms with Crippen molar-refractivity contribution >= 4 is 27.5 Å². The second kappa shape index (κ2) is 7.90. The van der Waals surface area contributed by atoms with Crippen LogP contribution in [0.25, 0.3) is 0 Å². The number of likely N-dealkylation sites (tertiary alicyclic amines) is 1. The largest absolute Gasteiger partial charge is 0.323 e. The quantitative estimate of drug-likeness (QED) is 0.836. The van der Waals surface area contributed by atoms with Gasteiger partial charge in [0.05, 0.1) is 5.69 Å². The molecule has 0 aliphatic carbocycles. The van der Waals surface area contributed by atoms with Crippen molar-refractivity contribution in [2.24, 2.45) is 5.92 Å². The van der Waals surface area contributed by atoms with Crippen LogP contribution in [0.2, 0.25) is 0 Å². The van der Waals surface area contributed by atoms with Crippen molar-refractivity contribution < 1.29 is 9.18 Å². The Hall–Kier alpha value is -1.72. The van der Waals surface area contributed by atoms with Gasteiger partial charge in [0, 0.05) is 16.9 Å². The summed E-state index contributed by atoms with van der Waals surface area (Å²) in [4.78, 5) is 14.7. The molecule has 0 atom stereocenters. The Morgan fingerprint density at radius 1 is 1.12 bits per heavy atom. The van der Waals surface area contributed by atoms with E-state index in [1.54, 1.807) is 18.2 Å². The van der Waals surface area contributed by atoms with Gasteiger partial charge in [-0.1, -0.05) is 40.2 Å². The Morgan fingerprint density at radius 2 is 1.79 bits per heavy atom. The van der Waals surface area contributed by atoms with Crippen molar-refractivity contribution in [1.82, 2.24) is 4.90 Å². The first-order chi connectivity index (χ1) is 11.6. The molecular weight excluding hydrogens is 371 g/mol. The van der Waals surface area contributed by atoms with Crippen LogP contribution >= 0.6 is 15.9 Å². The Kier molecular flexibility index (Phi) is 5.63. The lowest BCUT2D eigenvalue weighted by molar-refractivity contribution is -0.121. The number of hydrogen-bond acceptors (Lipinski definition) is 2. The molecule has 0 aromatic heterocycles. The Bertz CT molecular complexity index is 697. The smallest absolute Gasteiger partial charge is 0.227 e. The number of rotatable bonds is 4. The van der Waals surface area contributed by atoms with E-state index >= 15 is 0 Å². The van der Waals surface area contributed by atoms with Gasteiger partial charge in [-0.2, -0.15) is 0 Å². The maximum absolute atomic E-state index is 13.6. The summed E-state index contributed by atoms with van der Waals surface area (Å²) in [6.07, 6.45) is 1.60. The van der Waals surface area contributed by atoms with Crippen LogP contribution in [-0.2, 0) is 11.3 Å². The number of amides is 1. The standard InChI is InChI=1S/C19H20BrFN2O/c20-16-7-5-14(6-8-16)13-23-11-9-15(10-12-23)19(24)22-18-4-2-1-3-17(18)21/h1-8,15H,9-13H2,(H,22,24). The number of carbonyl (C=O) groups is 1. The molecule has 24 heavy (non-hydrogen) atoms. The molecule has 5 heteroatoms. The van der Waals surface area contributed by atoms with Gasteiger partial charge in [0.25, 0.3) is 0 Å². The third-order valence-electron chi connectivity index (χ3n) is 4.41. The van der Waals surface area contributed by atoms with Gasteiger partial charge in [0.2, 0.25) is 5.91 Å². The SMILES string of the molecule is O=C(Nc1ccccc1F)C1CCN(Cc2ccc(Br)cc2)CC1. The molecule has 0 bridgehead atoms. The molecule has 1 heterocycles. The summed E-state index contributed by atoms with van der Waals surface area (Å²) in [5.74, 6) is -0.521. The van der Waals surface area contributed by atoms with Gasteiger partial charge in [-0.3, -0.25) is 9.69 Å². The molecule has 3 rings (SSSR count). The highest BCUT2D eigenvalue weighted by Crippen LogP contribution is 2.22. The van der Waals surface area contributed by atoms with E-state index in [4.69, 9.17) is 0 Å². The van der Waals surface area contributed by atoms with Crippen LogP contribution in [0.4, 0.5) is 10.1 Å². The lowest BCUT2D eigenvalue weighted by Crippen LogP contribution is -2.37. The Morgan fingerprint density at radius 3 is 2.46 bits per heavy atom. The van der Waals surface area contributed by atoms with E-state index in [9.17, 15) is 9.18 Å². The van der Waals surface area contributed by atoms with Gasteiger partial charge >= 0.3 is 0 Å². The highest BCUT2D eigenvalue weighted by molar-refractivity contribution is 9.10. The summed E-state index contributed by atoms with van der Waals surface area (Å²) in [7, 11) is 0. The zero-order valence-corrected chi connectivity index (χ0v) is 14.9. The maximum Gasteiger partial charge on any atom is 0.227 e. The van der Waals surface area contributed by atoms with E-state index < -0.39 is 5.82 Å². The zero-order valence-electron chi connectivity index (χ0n) is 13.3. The minimum absolute atomic E-state index is 0.0502. The summed E-state index contributed by atoms with van der Waals surface area (Å²) in [5, 5.41) is 2.71. The highest BCUT2D eigenvalue weighted by atomic mass is 79.9. The van der Waals surface area contributed by atoms with Crippen molar-refractivity contribution in [3.8, 4) is 0 Å². The highest BCUT2D eigenvalue weighted by Gasteiger charge is 2.25. The molecule has 1 aliphatic heterocycles. The molecule has 0 radical (unpaired) electrons. The van der Waals surface area contributed by atoms with Crippen LogP contribution in [0, 0.1) is 11.7 Å². The first-order valence-electron chi connectivity index (χ1n) is 8.14. The van der Waals surface area contributed by atoms with Crippen molar-refractivity contribution in [2.45, 2.75) is 19.4 Å². The maximum atomic E-state index is 13.6. The van der Waals surface area contributed by atoms with Gasteiger partial charge < -0.3 is 5.32 Å². The number of anilines is 1. The fourth-order valence-corrected chi connectivity index (χ4v) is 3.26. The molecule has 1 aliphatic rings. The second-order valence-electron chi connectivity index (χ2n) is 6.15. The van der Waals surface area contributed by atoms with E-state index in [0.29, 0.717) is 0 Å². The van der Waals surface area contributed by atoms with Gasteiger partial charge in [-0.05, 0) is 55.8 Å². The molecule has 0 saturated carbocycles. The van der Waals surface area contributed by atoms with E-state index in [1.807, 2.05) is 12.1 Å². The van der Waals surface area contributed by atoms with Crippen molar-refractivity contribution in [2.75, 3.05) is 18.4 Å². The number of carbonyl (C=O) groups excluding carboxylic acids is 1. The van der Waals surface area contributed by atoms with Crippen LogP contribution in [0.3, 0.4) is 0 Å². The first kappa shape index (κ1) is 17.1. The Labute approximate surface area is 150 Å².